The molecule has 0 amide bonds. The van der Waals surface area contributed by atoms with Crippen molar-refractivity contribution in [2.45, 2.75) is 5.41 Å². The lowest BCUT2D eigenvalue weighted by Crippen LogP contribution is -2.33. The maximum Gasteiger partial charge on any atom is 0.322 e. The molecule has 1 N–H and O–H groups in total. The van der Waals surface area contributed by atoms with Crippen molar-refractivity contribution in [3.63, 3.8) is 0 Å². The molecule has 0 saturated heterocycles. The van der Waals surface area contributed by atoms with Crippen LogP contribution < -0.4 is 0 Å². The lowest BCUT2D eigenvalue weighted by molar-refractivity contribution is -0.140. The van der Waals surface area contributed by atoms with Crippen molar-refractivity contribution in [3.05, 3.63) is 113 Å². The van der Waals surface area contributed by atoms with Gasteiger partial charge in [-0.2, -0.15) is 0 Å². The highest BCUT2D eigenvalue weighted by Gasteiger charge is 2.46. The number of hydrogen-bond acceptors (Lipinski definition) is 1. The summed E-state index contributed by atoms with van der Waals surface area (Å²) in [6, 6.07) is 27.2. The molecule has 4 rings (SSSR count). The number of carboxylic acid groups (broad SMARTS) is 1. The first kappa shape index (κ1) is 14.5. The third-order valence-corrected chi connectivity index (χ3v) is 4.65. The van der Waals surface area contributed by atoms with Crippen LogP contribution in [0.3, 0.4) is 0 Å². The maximum absolute atomic E-state index is 12.4. The van der Waals surface area contributed by atoms with Crippen LogP contribution in [0.15, 0.2) is 91.0 Å². The third kappa shape index (κ3) is 2.00. The summed E-state index contributed by atoms with van der Waals surface area (Å²) in [5.74, 6) is -0.855. The predicted octanol–water partition coefficient (Wildman–Crippen LogP) is 4.50. The van der Waals surface area contributed by atoms with Crippen molar-refractivity contribution in [1.82, 2.24) is 0 Å². The van der Waals surface area contributed by atoms with Crippen LogP contribution >= 0.6 is 0 Å². The van der Waals surface area contributed by atoms with Gasteiger partial charge in [0.2, 0.25) is 0 Å². The van der Waals surface area contributed by atoms with E-state index in [9.17, 15) is 9.90 Å². The van der Waals surface area contributed by atoms with Crippen LogP contribution in [0, 0.1) is 0 Å². The first-order valence-electron chi connectivity index (χ1n) is 7.90. The van der Waals surface area contributed by atoms with Gasteiger partial charge in [-0.15, -0.1) is 0 Å². The van der Waals surface area contributed by atoms with Gasteiger partial charge in [0.25, 0.3) is 0 Å². The van der Waals surface area contributed by atoms with Gasteiger partial charge in [-0.1, -0.05) is 91.0 Å². The van der Waals surface area contributed by atoms with Crippen molar-refractivity contribution in [2.75, 3.05) is 0 Å². The Morgan fingerprint density at radius 3 is 2.00 bits per heavy atom. The van der Waals surface area contributed by atoms with Crippen LogP contribution in [0.5, 0.6) is 0 Å². The van der Waals surface area contributed by atoms with E-state index in [-0.39, 0.29) is 0 Å². The Bertz CT molecular complexity index is 926. The normalized spacial score (nSPS) is 18.8. The largest absolute Gasteiger partial charge is 0.480 e. The highest BCUT2D eigenvalue weighted by atomic mass is 16.4. The van der Waals surface area contributed by atoms with Crippen molar-refractivity contribution in [3.8, 4) is 0 Å². The van der Waals surface area contributed by atoms with E-state index < -0.39 is 11.4 Å². The standard InChI is InChI=1S/C22H16O2/c23-21(24)22(17-11-5-2-6-12-17)15-19(16-9-3-1-4-10-16)18-13-7-8-14-20(18)22/h1-15H,(H,23,24). The topological polar surface area (TPSA) is 37.3 Å². The van der Waals surface area contributed by atoms with Crippen LogP contribution in [0.2, 0.25) is 0 Å². The summed E-state index contributed by atoms with van der Waals surface area (Å²) in [5.41, 5.74) is 3.43. The Kier molecular flexibility index (Phi) is 3.31. The lowest BCUT2D eigenvalue weighted by atomic mass is 9.76. The fourth-order valence-corrected chi connectivity index (χ4v) is 3.53. The Balaban J connectivity index is 2.05. The first-order chi connectivity index (χ1) is 11.7. The molecular weight excluding hydrogens is 296 g/mol. The molecule has 0 aliphatic heterocycles. The van der Waals surface area contributed by atoms with Gasteiger partial charge in [-0.25, -0.2) is 0 Å². The van der Waals surface area contributed by atoms with Gasteiger partial charge in [0.15, 0.2) is 0 Å². The monoisotopic (exact) mass is 312 g/mol. The van der Waals surface area contributed by atoms with Crippen molar-refractivity contribution in [1.29, 1.82) is 0 Å². The predicted molar refractivity (Wildman–Crippen MR) is 94.8 cm³/mol. The molecule has 3 aromatic carbocycles. The summed E-state index contributed by atoms with van der Waals surface area (Å²) in [5, 5.41) is 10.2. The summed E-state index contributed by atoms with van der Waals surface area (Å²) in [4.78, 5) is 12.4. The molecule has 0 spiro atoms. The molecule has 1 unspecified atom stereocenters. The number of benzene rings is 3. The average Bonchev–Trinajstić information content (AvgIpc) is 3.00. The molecule has 2 heteroatoms. The fraction of sp³-hybridized carbons (Fsp3) is 0.0455. The zero-order valence-electron chi connectivity index (χ0n) is 13.0. The van der Waals surface area contributed by atoms with Gasteiger partial charge in [-0.3, -0.25) is 4.79 Å². The molecule has 0 heterocycles. The number of fused-ring (bicyclic) bond motifs is 1. The van der Waals surface area contributed by atoms with E-state index in [2.05, 4.69) is 0 Å². The molecule has 116 valence electrons. The summed E-state index contributed by atoms with van der Waals surface area (Å²) >= 11 is 0. The molecule has 1 aliphatic carbocycles. The second-order valence-electron chi connectivity index (χ2n) is 5.95. The van der Waals surface area contributed by atoms with Gasteiger partial charge in [0, 0.05) is 0 Å². The molecule has 1 aliphatic rings. The number of hydrogen-bond donors (Lipinski definition) is 1. The minimum absolute atomic E-state index is 0.774. The molecule has 3 aromatic rings. The molecule has 24 heavy (non-hydrogen) atoms. The quantitative estimate of drug-likeness (QED) is 0.773. The van der Waals surface area contributed by atoms with E-state index >= 15 is 0 Å². The minimum Gasteiger partial charge on any atom is -0.480 e. The number of carboxylic acids is 1. The van der Waals surface area contributed by atoms with Crippen molar-refractivity contribution in [2.24, 2.45) is 0 Å². The molecule has 1 atom stereocenters. The molecule has 0 bridgehead atoms. The van der Waals surface area contributed by atoms with Crippen LogP contribution in [-0.2, 0) is 10.2 Å². The SMILES string of the molecule is O=C(O)C1(c2ccccc2)C=C(c2ccccc2)c2ccccc21. The van der Waals surface area contributed by atoms with Crippen molar-refractivity contribution >= 4 is 11.5 Å². The lowest BCUT2D eigenvalue weighted by Gasteiger charge is -2.24. The van der Waals surface area contributed by atoms with Crippen LogP contribution in [-0.4, -0.2) is 11.1 Å². The molecule has 0 fully saturated rings. The van der Waals surface area contributed by atoms with Gasteiger partial charge in [0.05, 0.1) is 0 Å². The highest BCUT2D eigenvalue weighted by Crippen LogP contribution is 2.47. The minimum atomic E-state index is -1.15. The van der Waals surface area contributed by atoms with Gasteiger partial charge < -0.3 is 5.11 Å². The zero-order valence-corrected chi connectivity index (χ0v) is 13.0. The van der Waals surface area contributed by atoms with E-state index in [1.54, 1.807) is 0 Å². The number of rotatable bonds is 3. The summed E-state index contributed by atoms with van der Waals surface area (Å²) in [7, 11) is 0. The number of aliphatic carboxylic acids is 1. The van der Waals surface area contributed by atoms with E-state index in [0.717, 1.165) is 27.8 Å². The van der Waals surface area contributed by atoms with Gasteiger partial charge in [-0.05, 0) is 27.8 Å². The molecule has 0 radical (unpaired) electrons. The van der Waals surface area contributed by atoms with E-state index in [4.69, 9.17) is 0 Å². The summed E-state index contributed by atoms with van der Waals surface area (Å²) < 4.78 is 0. The Morgan fingerprint density at radius 2 is 1.33 bits per heavy atom. The molecule has 2 nitrogen and oxygen atoms in total. The van der Waals surface area contributed by atoms with E-state index in [1.165, 1.54) is 0 Å². The fourth-order valence-electron chi connectivity index (χ4n) is 3.53. The van der Waals surface area contributed by atoms with Crippen molar-refractivity contribution < 1.29 is 9.90 Å². The molecule has 0 saturated carbocycles. The van der Waals surface area contributed by atoms with Crippen LogP contribution in [0.4, 0.5) is 0 Å². The van der Waals surface area contributed by atoms with Gasteiger partial charge >= 0.3 is 5.97 Å². The Morgan fingerprint density at radius 1 is 0.750 bits per heavy atom. The maximum atomic E-state index is 12.4. The van der Waals surface area contributed by atoms with E-state index in [1.807, 2.05) is 91.0 Å². The highest BCUT2D eigenvalue weighted by molar-refractivity contribution is 6.00. The first-order valence-corrected chi connectivity index (χ1v) is 7.90. The van der Waals surface area contributed by atoms with Crippen LogP contribution in [0.25, 0.3) is 5.57 Å². The summed E-state index contributed by atoms with van der Waals surface area (Å²) in [6.07, 6.45) is 1.89. The smallest absolute Gasteiger partial charge is 0.322 e. The van der Waals surface area contributed by atoms with Gasteiger partial charge in [0.1, 0.15) is 5.41 Å². The number of carbonyl (C=O) groups is 1. The Hall–Kier alpha value is -3.13. The third-order valence-electron chi connectivity index (χ3n) is 4.65. The zero-order chi connectivity index (χ0) is 16.6. The summed E-state index contributed by atoms with van der Waals surface area (Å²) in [6.45, 7) is 0. The molecule has 0 aromatic heterocycles. The van der Waals surface area contributed by atoms with E-state index in [0.29, 0.717) is 0 Å². The van der Waals surface area contributed by atoms with Crippen LogP contribution in [0.1, 0.15) is 22.3 Å². The average molecular weight is 312 g/mol. The second kappa shape index (κ2) is 5.50. The Labute approximate surface area is 140 Å². The second-order valence-corrected chi connectivity index (χ2v) is 5.95. The molecular formula is C22H16O2.